The molecule has 3 rings (SSSR count). The van der Waals surface area contributed by atoms with E-state index in [1.165, 1.54) is 12.8 Å². The number of carbonyl (C=O) groups excluding carboxylic acids is 1. The third kappa shape index (κ3) is 3.03. The Balaban J connectivity index is 0.00000176. The van der Waals surface area contributed by atoms with Crippen LogP contribution >= 0.6 is 12.4 Å². The largest absolute Gasteiger partial charge is 0.351 e. The average Bonchev–Trinajstić information content (AvgIpc) is 3.09. The minimum atomic E-state index is -0.170. The summed E-state index contributed by atoms with van der Waals surface area (Å²) < 4.78 is 1.84. The van der Waals surface area contributed by atoms with Gasteiger partial charge in [-0.25, -0.2) is 4.79 Å². The first-order chi connectivity index (χ1) is 10.2. The van der Waals surface area contributed by atoms with Gasteiger partial charge in [0.1, 0.15) is 0 Å². The summed E-state index contributed by atoms with van der Waals surface area (Å²) in [6, 6.07) is 5.62. The normalized spacial score (nSPS) is 15.0. The molecule has 0 saturated heterocycles. The number of benzene rings is 1. The molecule has 0 aliphatic heterocycles. The van der Waals surface area contributed by atoms with E-state index in [0.29, 0.717) is 24.2 Å². The van der Waals surface area contributed by atoms with Gasteiger partial charge in [-0.1, -0.05) is 12.8 Å². The van der Waals surface area contributed by atoms with E-state index in [4.69, 9.17) is 5.73 Å². The molecular formula is C15H21ClN4O2. The highest BCUT2D eigenvalue weighted by molar-refractivity contribution is 5.97. The van der Waals surface area contributed by atoms with Crippen LogP contribution in [-0.2, 0) is 0 Å². The lowest BCUT2D eigenvalue weighted by Crippen LogP contribution is -2.28. The number of aromatic nitrogens is 2. The number of hydrogen-bond donors (Lipinski definition) is 3. The second-order valence-corrected chi connectivity index (χ2v) is 5.51. The molecule has 0 unspecified atom stereocenters. The SMILES string of the molecule is Cl.NCCNC(=O)c1ccc2c(c1)[nH]c(=O)n2C1CCCC1. The highest BCUT2D eigenvalue weighted by atomic mass is 35.5. The van der Waals surface area contributed by atoms with Crippen molar-refractivity contribution in [3.05, 3.63) is 34.2 Å². The molecule has 0 radical (unpaired) electrons. The summed E-state index contributed by atoms with van der Waals surface area (Å²) in [6.07, 6.45) is 4.43. The summed E-state index contributed by atoms with van der Waals surface area (Å²) in [5.74, 6) is -0.170. The van der Waals surface area contributed by atoms with Gasteiger partial charge in [0.15, 0.2) is 0 Å². The number of carbonyl (C=O) groups is 1. The van der Waals surface area contributed by atoms with Gasteiger partial charge in [-0.3, -0.25) is 9.36 Å². The van der Waals surface area contributed by atoms with Crippen LogP contribution in [0.1, 0.15) is 42.1 Å². The molecule has 1 saturated carbocycles. The van der Waals surface area contributed by atoms with Crippen molar-refractivity contribution in [1.82, 2.24) is 14.9 Å². The van der Waals surface area contributed by atoms with Crippen molar-refractivity contribution in [2.75, 3.05) is 13.1 Å². The molecule has 1 aromatic heterocycles. The first-order valence-electron chi connectivity index (χ1n) is 7.43. The number of H-pyrrole nitrogens is 1. The number of nitrogens with zero attached hydrogens (tertiary/aromatic N) is 1. The monoisotopic (exact) mass is 324 g/mol. The van der Waals surface area contributed by atoms with Crippen LogP contribution in [0.4, 0.5) is 0 Å². The predicted octanol–water partition coefficient (Wildman–Crippen LogP) is 1.55. The maximum atomic E-state index is 12.2. The number of imidazole rings is 1. The number of amides is 1. The van der Waals surface area contributed by atoms with Crippen molar-refractivity contribution >= 4 is 29.3 Å². The fraction of sp³-hybridized carbons (Fsp3) is 0.467. The average molecular weight is 325 g/mol. The molecule has 6 nitrogen and oxygen atoms in total. The Kier molecular flexibility index (Phi) is 5.26. The number of nitrogens with two attached hydrogens (primary N) is 1. The zero-order chi connectivity index (χ0) is 14.8. The summed E-state index contributed by atoms with van der Waals surface area (Å²) in [6.45, 7) is 0.847. The topological polar surface area (TPSA) is 92.9 Å². The minimum absolute atomic E-state index is 0. The predicted molar refractivity (Wildman–Crippen MR) is 88.7 cm³/mol. The Labute approximate surface area is 134 Å². The number of halogens is 1. The Bertz CT molecular complexity index is 716. The lowest BCUT2D eigenvalue weighted by atomic mass is 10.1. The Hall–Kier alpha value is -1.79. The molecule has 1 aliphatic carbocycles. The van der Waals surface area contributed by atoms with Gasteiger partial charge in [0.05, 0.1) is 11.0 Å². The van der Waals surface area contributed by atoms with E-state index >= 15 is 0 Å². The number of hydrogen-bond acceptors (Lipinski definition) is 3. The van der Waals surface area contributed by atoms with Crippen molar-refractivity contribution in [3.8, 4) is 0 Å². The van der Waals surface area contributed by atoms with Crippen LogP contribution in [0.5, 0.6) is 0 Å². The van der Waals surface area contributed by atoms with Gasteiger partial charge in [-0.15, -0.1) is 12.4 Å². The van der Waals surface area contributed by atoms with Gasteiger partial charge in [-0.05, 0) is 31.0 Å². The lowest BCUT2D eigenvalue weighted by Gasteiger charge is -2.11. The minimum Gasteiger partial charge on any atom is -0.351 e. The van der Waals surface area contributed by atoms with Crippen LogP contribution in [0.2, 0.25) is 0 Å². The van der Waals surface area contributed by atoms with Crippen LogP contribution in [0.3, 0.4) is 0 Å². The molecule has 4 N–H and O–H groups in total. The van der Waals surface area contributed by atoms with Crippen LogP contribution in [0.25, 0.3) is 11.0 Å². The second-order valence-electron chi connectivity index (χ2n) is 5.51. The molecule has 7 heteroatoms. The fourth-order valence-corrected chi connectivity index (χ4v) is 3.09. The van der Waals surface area contributed by atoms with Crippen LogP contribution < -0.4 is 16.7 Å². The Morgan fingerprint density at radius 1 is 1.36 bits per heavy atom. The number of fused-ring (bicyclic) bond motifs is 1. The van der Waals surface area contributed by atoms with Crippen molar-refractivity contribution in [1.29, 1.82) is 0 Å². The number of rotatable bonds is 4. The Morgan fingerprint density at radius 3 is 2.77 bits per heavy atom. The van der Waals surface area contributed by atoms with E-state index in [9.17, 15) is 9.59 Å². The summed E-state index contributed by atoms with van der Waals surface area (Å²) >= 11 is 0. The second kappa shape index (κ2) is 6.98. The molecule has 120 valence electrons. The summed E-state index contributed by atoms with van der Waals surface area (Å²) in [5.41, 5.74) is 7.42. The maximum absolute atomic E-state index is 12.2. The van der Waals surface area contributed by atoms with Gasteiger partial charge in [0.2, 0.25) is 0 Å². The molecule has 0 atom stereocenters. The van der Waals surface area contributed by atoms with Gasteiger partial charge >= 0.3 is 5.69 Å². The third-order valence-corrected chi connectivity index (χ3v) is 4.10. The van der Waals surface area contributed by atoms with E-state index in [1.807, 2.05) is 10.6 Å². The third-order valence-electron chi connectivity index (χ3n) is 4.10. The Morgan fingerprint density at radius 2 is 2.09 bits per heavy atom. The smallest absolute Gasteiger partial charge is 0.326 e. The van der Waals surface area contributed by atoms with Crippen molar-refractivity contribution in [2.24, 2.45) is 5.73 Å². The summed E-state index contributed by atoms with van der Waals surface area (Å²) in [4.78, 5) is 27.0. The van der Waals surface area contributed by atoms with Crippen molar-refractivity contribution < 1.29 is 4.79 Å². The lowest BCUT2D eigenvalue weighted by molar-refractivity contribution is 0.0955. The summed E-state index contributed by atoms with van der Waals surface area (Å²) in [7, 11) is 0. The molecule has 1 heterocycles. The quantitative estimate of drug-likeness (QED) is 0.796. The van der Waals surface area contributed by atoms with Gasteiger partial charge in [0, 0.05) is 24.7 Å². The molecular weight excluding hydrogens is 304 g/mol. The van der Waals surface area contributed by atoms with Gasteiger partial charge in [-0.2, -0.15) is 0 Å². The van der Waals surface area contributed by atoms with Crippen LogP contribution in [0.15, 0.2) is 23.0 Å². The summed E-state index contributed by atoms with van der Waals surface area (Å²) in [5, 5.41) is 2.73. The standard InChI is InChI=1S/C15H20N4O2.ClH/c16-7-8-17-14(20)10-5-6-13-12(9-10)18-15(21)19(13)11-3-1-2-4-11;/h5-6,9,11H,1-4,7-8,16H2,(H,17,20)(H,18,21);1H. The van der Waals surface area contributed by atoms with Gasteiger partial charge in [0.25, 0.3) is 5.91 Å². The molecule has 2 aromatic rings. The zero-order valence-corrected chi connectivity index (χ0v) is 13.1. The molecule has 1 aromatic carbocycles. The maximum Gasteiger partial charge on any atom is 0.326 e. The highest BCUT2D eigenvalue weighted by Crippen LogP contribution is 2.30. The van der Waals surface area contributed by atoms with Crippen molar-refractivity contribution in [2.45, 2.75) is 31.7 Å². The fourth-order valence-electron chi connectivity index (χ4n) is 3.09. The zero-order valence-electron chi connectivity index (χ0n) is 12.3. The van der Waals surface area contributed by atoms with Gasteiger partial charge < -0.3 is 16.0 Å². The number of aromatic amines is 1. The molecule has 1 fully saturated rings. The van der Waals surface area contributed by atoms with E-state index in [1.54, 1.807) is 12.1 Å². The highest BCUT2D eigenvalue weighted by Gasteiger charge is 2.21. The van der Waals surface area contributed by atoms with Crippen molar-refractivity contribution in [3.63, 3.8) is 0 Å². The number of nitrogens with one attached hydrogen (secondary N) is 2. The molecule has 0 spiro atoms. The van der Waals surface area contributed by atoms with E-state index in [0.717, 1.165) is 18.4 Å². The van der Waals surface area contributed by atoms with Crippen LogP contribution in [-0.4, -0.2) is 28.5 Å². The van der Waals surface area contributed by atoms with E-state index < -0.39 is 0 Å². The molecule has 1 aliphatic rings. The first-order valence-corrected chi connectivity index (χ1v) is 7.43. The van der Waals surface area contributed by atoms with E-state index in [2.05, 4.69) is 10.3 Å². The van der Waals surface area contributed by atoms with E-state index in [-0.39, 0.29) is 30.0 Å². The molecule has 1 amide bonds. The first kappa shape index (κ1) is 16.6. The molecule has 22 heavy (non-hydrogen) atoms. The van der Waals surface area contributed by atoms with Crippen LogP contribution in [0, 0.1) is 0 Å². The molecule has 0 bridgehead atoms.